The van der Waals surface area contributed by atoms with Crippen LogP contribution >= 0.6 is 0 Å². The van der Waals surface area contributed by atoms with E-state index in [2.05, 4.69) is 190 Å². The topological polar surface area (TPSA) is 56.5 Å². The summed E-state index contributed by atoms with van der Waals surface area (Å²) in [6.07, 6.45) is 7.32. The molecule has 5 heteroatoms. The van der Waals surface area contributed by atoms with Crippen LogP contribution in [0.4, 0.5) is 0 Å². The van der Waals surface area contributed by atoms with Gasteiger partial charge in [-0.3, -0.25) is 9.97 Å². The third-order valence-electron chi connectivity index (χ3n) is 12.2. The second-order valence-electron chi connectivity index (χ2n) is 15.9. The molecule has 0 spiro atoms. The van der Waals surface area contributed by atoms with E-state index in [9.17, 15) is 0 Å². The van der Waals surface area contributed by atoms with Crippen molar-refractivity contribution in [1.82, 2.24) is 24.5 Å². The molecule has 0 aliphatic carbocycles. The predicted molar refractivity (Wildman–Crippen MR) is 260 cm³/mol. The van der Waals surface area contributed by atoms with Gasteiger partial charge in [-0.1, -0.05) is 140 Å². The molecule has 7 aromatic carbocycles. The van der Waals surface area contributed by atoms with Crippen LogP contribution in [-0.2, 0) is 0 Å². The zero-order valence-electron chi connectivity index (χ0n) is 34.1. The molecule has 0 aliphatic heterocycles. The normalized spacial score (nSPS) is 11.5. The van der Waals surface area contributed by atoms with E-state index in [1.807, 2.05) is 49.1 Å². The van der Waals surface area contributed by atoms with Gasteiger partial charge in [0.05, 0.1) is 33.6 Å². The quantitative estimate of drug-likeness (QED) is 0.151. The summed E-state index contributed by atoms with van der Waals surface area (Å²) in [5.41, 5.74) is 17.1. The van der Waals surface area contributed by atoms with Crippen molar-refractivity contribution in [2.75, 3.05) is 0 Å². The van der Waals surface area contributed by atoms with Gasteiger partial charge in [0.1, 0.15) is 0 Å². The maximum absolute atomic E-state index is 5.36. The van der Waals surface area contributed by atoms with Crippen molar-refractivity contribution >= 4 is 43.5 Å². The summed E-state index contributed by atoms with van der Waals surface area (Å²) in [6, 6.07) is 71.2. The monoisotopic (exact) mass is 803 g/mol. The fourth-order valence-corrected chi connectivity index (χ4v) is 9.12. The molecule has 0 fully saturated rings. The van der Waals surface area contributed by atoms with E-state index < -0.39 is 0 Å². The molecule has 0 saturated heterocycles. The lowest BCUT2D eigenvalue weighted by Gasteiger charge is -2.15. The van der Waals surface area contributed by atoms with E-state index in [1.54, 1.807) is 0 Å². The maximum Gasteiger partial charge on any atom is 0.0809 e. The number of hydrogen-bond acceptors (Lipinski definition) is 4. The van der Waals surface area contributed by atoms with Gasteiger partial charge in [0.25, 0.3) is 0 Å². The highest BCUT2D eigenvalue weighted by Gasteiger charge is 2.20. The number of aromatic nitrogens is 5. The Morgan fingerprint density at radius 1 is 0.317 bits per heavy atom. The van der Waals surface area contributed by atoms with Crippen molar-refractivity contribution < 1.29 is 0 Å². The van der Waals surface area contributed by atoms with Crippen molar-refractivity contribution in [3.8, 4) is 72.8 Å². The van der Waals surface area contributed by atoms with E-state index in [1.165, 1.54) is 16.2 Å². The van der Waals surface area contributed by atoms with Crippen molar-refractivity contribution in [2.24, 2.45) is 0 Å². The van der Waals surface area contributed by atoms with Gasteiger partial charge in [0.2, 0.25) is 0 Å². The lowest BCUT2D eigenvalue weighted by atomic mass is 9.97. The zero-order chi connectivity index (χ0) is 41.7. The standard InChI is InChI=1S/C58H37N5/c1-2-8-45(9-3-1)57-56-50(48-10-4-6-12-52(48)62-57)26-27-51-49-11-5-7-13-55(49)63(58(51)56)47-24-22-40(23-25-47)46-36-53(43-18-14-38(15-19-43)41-28-32-59-33-29-41)61-54(37-46)44-20-16-39(17-21-44)42-30-34-60-35-31-42/h1-37H. The molecule has 5 aromatic heterocycles. The highest BCUT2D eigenvalue weighted by molar-refractivity contribution is 6.25. The Bertz CT molecular complexity index is 3520. The summed E-state index contributed by atoms with van der Waals surface area (Å²) in [7, 11) is 0. The van der Waals surface area contributed by atoms with Gasteiger partial charge in [-0.25, -0.2) is 9.97 Å². The molecule has 0 unspecified atom stereocenters. The highest BCUT2D eigenvalue weighted by Crippen LogP contribution is 2.43. The SMILES string of the molecule is c1ccc(-c2nc3ccccc3c3ccc4c5ccccc5n(-c5ccc(-c6cc(-c7ccc(-c8ccncc8)cc7)nc(-c7ccc(-c8ccncc8)cc7)c6)cc5)c4c23)cc1. The summed E-state index contributed by atoms with van der Waals surface area (Å²) in [5, 5.41) is 5.88. The fraction of sp³-hybridized carbons (Fsp3) is 0. The molecule has 0 atom stereocenters. The highest BCUT2D eigenvalue weighted by atomic mass is 15.0. The largest absolute Gasteiger partial charge is 0.309 e. The van der Waals surface area contributed by atoms with E-state index >= 15 is 0 Å². The van der Waals surface area contributed by atoms with E-state index in [4.69, 9.17) is 9.97 Å². The van der Waals surface area contributed by atoms with Crippen molar-refractivity contribution in [3.05, 3.63) is 225 Å². The molecular formula is C58H37N5. The third-order valence-corrected chi connectivity index (χ3v) is 12.2. The minimum atomic E-state index is 0.910. The molecule has 63 heavy (non-hydrogen) atoms. The second-order valence-corrected chi connectivity index (χ2v) is 15.9. The number of benzene rings is 7. The summed E-state index contributed by atoms with van der Waals surface area (Å²) >= 11 is 0. The minimum Gasteiger partial charge on any atom is -0.309 e. The van der Waals surface area contributed by atoms with Crippen LogP contribution in [0.1, 0.15) is 0 Å². The van der Waals surface area contributed by atoms with Crippen LogP contribution in [0.25, 0.3) is 116 Å². The number of nitrogens with zero attached hydrogens (tertiary/aromatic N) is 5. The van der Waals surface area contributed by atoms with Crippen LogP contribution in [0.15, 0.2) is 225 Å². The third kappa shape index (κ3) is 6.42. The lowest BCUT2D eigenvalue weighted by molar-refractivity contribution is 1.19. The molecule has 0 N–H and O–H groups in total. The summed E-state index contributed by atoms with van der Waals surface area (Å²) in [4.78, 5) is 19.1. The van der Waals surface area contributed by atoms with Crippen LogP contribution < -0.4 is 0 Å². The van der Waals surface area contributed by atoms with Gasteiger partial charge < -0.3 is 4.57 Å². The predicted octanol–water partition coefficient (Wildman–Crippen LogP) is 14.7. The Morgan fingerprint density at radius 2 is 0.810 bits per heavy atom. The van der Waals surface area contributed by atoms with E-state index in [-0.39, 0.29) is 0 Å². The number of para-hydroxylation sites is 2. The average molecular weight is 804 g/mol. The molecule has 5 nitrogen and oxygen atoms in total. The Balaban J connectivity index is 1.02. The minimum absolute atomic E-state index is 0.910. The lowest BCUT2D eigenvalue weighted by Crippen LogP contribution is -1.97. The Kier molecular flexibility index (Phi) is 8.75. The van der Waals surface area contributed by atoms with Gasteiger partial charge in [0, 0.05) is 68.7 Å². The molecule has 0 radical (unpaired) electrons. The molecule has 12 aromatic rings. The first kappa shape index (κ1) is 36.3. The Labute approximate surface area is 364 Å². The Hall–Kier alpha value is -8.54. The first-order chi connectivity index (χ1) is 31.2. The van der Waals surface area contributed by atoms with Gasteiger partial charge in [-0.2, -0.15) is 0 Å². The van der Waals surface area contributed by atoms with Crippen molar-refractivity contribution in [1.29, 1.82) is 0 Å². The van der Waals surface area contributed by atoms with E-state index in [0.717, 1.165) is 100 Å². The molecular weight excluding hydrogens is 767 g/mol. The van der Waals surface area contributed by atoms with Gasteiger partial charge in [-0.15, -0.1) is 0 Å². The van der Waals surface area contributed by atoms with Crippen LogP contribution in [0, 0.1) is 0 Å². The molecule has 0 saturated carbocycles. The summed E-state index contributed by atoms with van der Waals surface area (Å²) in [6.45, 7) is 0. The average Bonchev–Trinajstić information content (AvgIpc) is 3.71. The molecule has 12 rings (SSSR count). The van der Waals surface area contributed by atoms with E-state index in [0.29, 0.717) is 0 Å². The molecule has 0 bridgehead atoms. The summed E-state index contributed by atoms with van der Waals surface area (Å²) in [5.74, 6) is 0. The summed E-state index contributed by atoms with van der Waals surface area (Å²) < 4.78 is 2.43. The van der Waals surface area contributed by atoms with Gasteiger partial charge in [-0.05, 0) is 99.4 Å². The fourth-order valence-electron chi connectivity index (χ4n) is 9.12. The van der Waals surface area contributed by atoms with Crippen molar-refractivity contribution in [2.45, 2.75) is 0 Å². The number of rotatable bonds is 7. The van der Waals surface area contributed by atoms with Crippen LogP contribution in [-0.4, -0.2) is 24.5 Å². The second kappa shape index (κ2) is 15.2. The maximum atomic E-state index is 5.36. The smallest absolute Gasteiger partial charge is 0.0809 e. The van der Waals surface area contributed by atoms with Gasteiger partial charge >= 0.3 is 0 Å². The zero-order valence-corrected chi connectivity index (χ0v) is 34.1. The number of pyridine rings is 4. The molecule has 294 valence electrons. The number of fused-ring (bicyclic) bond motifs is 7. The molecule has 0 aliphatic rings. The first-order valence-electron chi connectivity index (χ1n) is 21.2. The van der Waals surface area contributed by atoms with Crippen molar-refractivity contribution in [3.63, 3.8) is 0 Å². The van der Waals surface area contributed by atoms with Gasteiger partial charge in [0.15, 0.2) is 0 Å². The van der Waals surface area contributed by atoms with Crippen LogP contribution in [0.5, 0.6) is 0 Å². The number of hydrogen-bond donors (Lipinski definition) is 0. The molecule has 5 heterocycles. The molecule has 0 amide bonds. The first-order valence-corrected chi connectivity index (χ1v) is 21.2. The van der Waals surface area contributed by atoms with Crippen LogP contribution in [0.3, 0.4) is 0 Å². The van der Waals surface area contributed by atoms with Crippen LogP contribution in [0.2, 0.25) is 0 Å². The Morgan fingerprint density at radius 3 is 1.44 bits per heavy atom.